The number of halogens is 2. The summed E-state index contributed by atoms with van der Waals surface area (Å²) < 4.78 is 27.3. The van der Waals surface area contributed by atoms with E-state index in [4.69, 9.17) is 0 Å². The van der Waals surface area contributed by atoms with Crippen LogP contribution in [0.25, 0.3) is 5.57 Å². The van der Waals surface area contributed by atoms with Crippen LogP contribution in [0.1, 0.15) is 11.1 Å². The normalized spacial score (nSPS) is 25.2. The van der Waals surface area contributed by atoms with Gasteiger partial charge in [0, 0.05) is 11.8 Å². The fourth-order valence-corrected chi connectivity index (χ4v) is 5.66. The van der Waals surface area contributed by atoms with E-state index in [9.17, 15) is 18.4 Å². The Kier molecular flexibility index (Phi) is 4.40. The smallest absolute Gasteiger partial charge is 0.238 e. The Morgan fingerprint density at radius 2 is 1.09 bits per heavy atom. The van der Waals surface area contributed by atoms with E-state index >= 15 is 0 Å². The standard InChI is InChI=1S/C28H19F2NO2/c29-18-10-6-16(7-11-18)23(17-8-12-19(30)13-9-17)24-21-14-15-22(24)26-25(21)27(32)31(28(26)33)20-4-2-1-3-5-20/h1-15,21-22,25-26H/t21-,22+,25-,26-/m0/s1. The zero-order valence-corrected chi connectivity index (χ0v) is 17.5. The van der Waals surface area contributed by atoms with Gasteiger partial charge >= 0.3 is 0 Å². The fraction of sp³-hybridized carbons (Fsp3) is 0.143. The van der Waals surface area contributed by atoms with E-state index in [0.29, 0.717) is 5.69 Å². The van der Waals surface area contributed by atoms with E-state index < -0.39 is 11.8 Å². The molecule has 2 bridgehead atoms. The molecule has 3 nitrogen and oxygen atoms in total. The molecule has 3 aromatic rings. The summed E-state index contributed by atoms with van der Waals surface area (Å²) >= 11 is 0. The van der Waals surface area contributed by atoms with Crippen molar-refractivity contribution >= 4 is 23.1 Å². The van der Waals surface area contributed by atoms with Crippen LogP contribution in [0.15, 0.2) is 96.6 Å². The third-order valence-electron chi connectivity index (χ3n) is 6.98. The van der Waals surface area contributed by atoms with Crippen molar-refractivity contribution in [1.82, 2.24) is 0 Å². The van der Waals surface area contributed by atoms with Gasteiger partial charge in [0.15, 0.2) is 0 Å². The summed E-state index contributed by atoms with van der Waals surface area (Å²) in [6, 6.07) is 21.3. The summed E-state index contributed by atoms with van der Waals surface area (Å²) in [5, 5.41) is 0. The average molecular weight is 439 g/mol. The molecule has 1 saturated heterocycles. The van der Waals surface area contributed by atoms with Gasteiger partial charge in [0.05, 0.1) is 17.5 Å². The van der Waals surface area contributed by atoms with Crippen LogP contribution in [0, 0.1) is 35.3 Å². The van der Waals surface area contributed by atoms with Crippen LogP contribution < -0.4 is 4.90 Å². The molecular weight excluding hydrogens is 420 g/mol. The van der Waals surface area contributed by atoms with Crippen molar-refractivity contribution in [2.24, 2.45) is 23.7 Å². The molecule has 0 N–H and O–H groups in total. The highest BCUT2D eigenvalue weighted by atomic mass is 19.1. The van der Waals surface area contributed by atoms with Crippen LogP contribution in [-0.2, 0) is 9.59 Å². The van der Waals surface area contributed by atoms with E-state index in [0.717, 1.165) is 22.3 Å². The molecule has 3 aromatic carbocycles. The maximum absolute atomic E-state index is 13.7. The van der Waals surface area contributed by atoms with Crippen LogP contribution in [0.5, 0.6) is 0 Å². The molecule has 5 heteroatoms. The lowest BCUT2D eigenvalue weighted by Crippen LogP contribution is -2.33. The van der Waals surface area contributed by atoms with Gasteiger partial charge in [-0.3, -0.25) is 9.59 Å². The van der Waals surface area contributed by atoms with Crippen molar-refractivity contribution in [3.05, 3.63) is 119 Å². The first kappa shape index (κ1) is 19.8. The van der Waals surface area contributed by atoms with Crippen molar-refractivity contribution in [1.29, 1.82) is 0 Å². The lowest BCUT2D eigenvalue weighted by molar-refractivity contribution is -0.122. The molecule has 1 heterocycles. The fourth-order valence-electron chi connectivity index (χ4n) is 5.66. The number of nitrogens with zero attached hydrogens (tertiary/aromatic N) is 1. The Bertz CT molecular complexity index is 1250. The van der Waals surface area contributed by atoms with Crippen molar-refractivity contribution in [3.8, 4) is 0 Å². The van der Waals surface area contributed by atoms with E-state index in [1.807, 2.05) is 30.4 Å². The molecule has 2 amide bonds. The molecule has 6 rings (SSSR count). The number of carbonyl (C=O) groups excluding carboxylic acids is 2. The summed E-state index contributed by atoms with van der Waals surface area (Å²) in [6.45, 7) is 0. The van der Waals surface area contributed by atoms with Gasteiger partial charge in [0.25, 0.3) is 0 Å². The van der Waals surface area contributed by atoms with Crippen LogP contribution in [0.3, 0.4) is 0 Å². The number of imide groups is 1. The molecule has 0 radical (unpaired) electrons. The highest BCUT2D eigenvalue weighted by Crippen LogP contribution is 2.58. The van der Waals surface area contributed by atoms with Gasteiger partial charge in [0.1, 0.15) is 11.6 Å². The number of anilines is 1. The largest absolute Gasteiger partial charge is 0.274 e. The van der Waals surface area contributed by atoms with Crippen molar-refractivity contribution in [2.75, 3.05) is 4.90 Å². The second-order valence-corrected chi connectivity index (χ2v) is 8.68. The van der Waals surface area contributed by atoms with E-state index in [1.54, 1.807) is 36.4 Å². The Hall–Kier alpha value is -3.86. The van der Waals surface area contributed by atoms with Gasteiger partial charge in [-0.2, -0.15) is 0 Å². The van der Waals surface area contributed by atoms with Crippen LogP contribution in [0.2, 0.25) is 0 Å². The number of fused-ring (bicyclic) bond motifs is 5. The summed E-state index contributed by atoms with van der Waals surface area (Å²) in [6.07, 6.45) is 4.02. The molecule has 2 fully saturated rings. The number of allylic oxidation sites excluding steroid dienone is 3. The molecule has 1 aliphatic heterocycles. The molecule has 33 heavy (non-hydrogen) atoms. The first-order valence-corrected chi connectivity index (χ1v) is 10.9. The van der Waals surface area contributed by atoms with E-state index in [1.165, 1.54) is 29.2 Å². The van der Waals surface area contributed by atoms with Crippen molar-refractivity contribution in [2.45, 2.75) is 0 Å². The Morgan fingerprint density at radius 3 is 1.55 bits per heavy atom. The van der Waals surface area contributed by atoms with Crippen molar-refractivity contribution < 1.29 is 18.4 Å². The monoisotopic (exact) mass is 439 g/mol. The molecule has 3 aliphatic rings. The minimum absolute atomic E-state index is 0.192. The predicted octanol–water partition coefficient (Wildman–Crippen LogP) is 5.39. The Morgan fingerprint density at radius 1 is 0.636 bits per heavy atom. The number of benzene rings is 3. The minimum Gasteiger partial charge on any atom is -0.274 e. The lowest BCUT2D eigenvalue weighted by atomic mass is 9.85. The number of carbonyl (C=O) groups is 2. The van der Waals surface area contributed by atoms with E-state index in [-0.39, 0.29) is 35.3 Å². The Balaban J connectivity index is 1.50. The third-order valence-corrected chi connectivity index (χ3v) is 6.98. The molecule has 0 aromatic heterocycles. The summed E-state index contributed by atoms with van der Waals surface area (Å²) in [5.41, 5.74) is 3.94. The maximum atomic E-state index is 13.7. The number of hydrogen-bond acceptors (Lipinski definition) is 2. The topological polar surface area (TPSA) is 37.4 Å². The molecule has 0 unspecified atom stereocenters. The summed E-state index contributed by atoms with van der Waals surface area (Å²) in [4.78, 5) is 28.2. The Labute approximate surface area is 189 Å². The molecule has 2 aliphatic carbocycles. The second-order valence-electron chi connectivity index (χ2n) is 8.68. The quantitative estimate of drug-likeness (QED) is 0.406. The summed E-state index contributed by atoms with van der Waals surface area (Å²) in [5.74, 6) is -2.51. The van der Waals surface area contributed by atoms with Gasteiger partial charge < -0.3 is 0 Å². The highest BCUT2D eigenvalue weighted by molar-refractivity contribution is 6.23. The van der Waals surface area contributed by atoms with Crippen LogP contribution in [0.4, 0.5) is 14.5 Å². The average Bonchev–Trinajstić information content (AvgIpc) is 3.46. The molecule has 0 spiro atoms. The van der Waals surface area contributed by atoms with Gasteiger partial charge in [-0.15, -0.1) is 0 Å². The maximum Gasteiger partial charge on any atom is 0.238 e. The SMILES string of the molecule is O=C1[C@@H]2[C@@H](C(=O)N1c1ccccc1)[C@H]1C=C[C@@H]2C1=C(c1ccc(F)cc1)c1ccc(F)cc1. The lowest BCUT2D eigenvalue weighted by Gasteiger charge is -2.21. The first-order chi connectivity index (χ1) is 16.0. The second kappa shape index (κ2) is 7.34. The zero-order chi connectivity index (χ0) is 22.7. The number of hydrogen-bond donors (Lipinski definition) is 0. The number of para-hydroxylation sites is 1. The van der Waals surface area contributed by atoms with Crippen molar-refractivity contribution in [3.63, 3.8) is 0 Å². The third kappa shape index (κ3) is 2.92. The van der Waals surface area contributed by atoms with Gasteiger partial charge in [-0.1, -0.05) is 54.6 Å². The molecule has 162 valence electrons. The van der Waals surface area contributed by atoms with E-state index in [2.05, 4.69) is 0 Å². The molecular formula is C28H19F2NO2. The summed E-state index contributed by atoms with van der Waals surface area (Å²) in [7, 11) is 0. The number of rotatable bonds is 3. The van der Waals surface area contributed by atoms with Crippen LogP contribution in [-0.4, -0.2) is 11.8 Å². The zero-order valence-electron chi connectivity index (χ0n) is 17.5. The van der Waals surface area contributed by atoms with Gasteiger partial charge in [-0.25, -0.2) is 13.7 Å². The minimum atomic E-state index is -0.474. The number of amides is 2. The first-order valence-electron chi connectivity index (χ1n) is 10.9. The molecule has 1 saturated carbocycles. The predicted molar refractivity (Wildman–Crippen MR) is 121 cm³/mol. The van der Waals surface area contributed by atoms with Crippen LogP contribution >= 0.6 is 0 Å². The van der Waals surface area contributed by atoms with Gasteiger partial charge in [-0.05, 0) is 58.7 Å². The van der Waals surface area contributed by atoms with Gasteiger partial charge in [0.2, 0.25) is 11.8 Å². The molecule has 4 atom stereocenters. The highest BCUT2D eigenvalue weighted by Gasteiger charge is 2.62.